The van der Waals surface area contributed by atoms with Gasteiger partial charge in [-0.15, -0.1) is 0 Å². The van der Waals surface area contributed by atoms with Crippen molar-refractivity contribution in [3.05, 3.63) is 66.0 Å². The molecule has 0 aliphatic rings. The first-order chi connectivity index (χ1) is 11.2. The van der Waals surface area contributed by atoms with Crippen LogP contribution in [0, 0.1) is 6.92 Å². The number of nitrogens with one attached hydrogen (secondary N) is 1. The molecule has 2 heterocycles. The van der Waals surface area contributed by atoms with Gasteiger partial charge >= 0.3 is 0 Å². The molecule has 3 aromatic rings. The van der Waals surface area contributed by atoms with Crippen LogP contribution < -0.4 is 5.32 Å². The summed E-state index contributed by atoms with van der Waals surface area (Å²) >= 11 is 1.95. The van der Waals surface area contributed by atoms with Gasteiger partial charge in [-0.3, -0.25) is 0 Å². The zero-order valence-electron chi connectivity index (χ0n) is 13.5. The van der Waals surface area contributed by atoms with Crippen molar-refractivity contribution in [1.82, 2.24) is 9.97 Å². The second-order valence-corrected chi connectivity index (χ2v) is 6.76. The summed E-state index contributed by atoms with van der Waals surface area (Å²) in [6.07, 6.45) is 1.82. The molecule has 1 N–H and O–H groups in total. The van der Waals surface area contributed by atoms with Gasteiger partial charge in [-0.25, -0.2) is 9.97 Å². The van der Waals surface area contributed by atoms with Crippen molar-refractivity contribution in [3.8, 4) is 0 Å². The monoisotopic (exact) mass is 323 g/mol. The number of nitrogens with zero attached hydrogens (tertiary/aromatic N) is 2. The third-order valence-electron chi connectivity index (χ3n) is 3.62. The summed E-state index contributed by atoms with van der Waals surface area (Å²) in [7, 11) is 0. The molecule has 118 valence electrons. The second-order valence-electron chi connectivity index (χ2n) is 5.73. The van der Waals surface area contributed by atoms with E-state index < -0.39 is 0 Å². The lowest BCUT2D eigenvalue weighted by Crippen LogP contribution is -2.18. The summed E-state index contributed by atoms with van der Waals surface area (Å²) in [5.74, 6) is 2.10. The molecule has 0 saturated carbocycles. The van der Waals surface area contributed by atoms with Crippen molar-refractivity contribution < 1.29 is 0 Å². The Bertz CT molecular complexity index is 774. The predicted molar refractivity (Wildman–Crippen MR) is 100.0 cm³/mol. The minimum Gasteiger partial charge on any atom is -0.381 e. The highest BCUT2D eigenvalue weighted by Crippen LogP contribution is 2.22. The van der Waals surface area contributed by atoms with Crippen LogP contribution in [-0.2, 0) is 5.75 Å². The highest BCUT2D eigenvalue weighted by molar-refractivity contribution is 7.98. The van der Waals surface area contributed by atoms with Gasteiger partial charge in [0.25, 0.3) is 0 Å². The van der Waals surface area contributed by atoms with Crippen molar-refractivity contribution in [2.75, 3.05) is 11.1 Å². The maximum atomic E-state index is 4.49. The molecule has 3 nitrogen and oxygen atoms in total. The average molecular weight is 323 g/mol. The molecule has 1 atom stereocenters. The Morgan fingerprint density at radius 3 is 2.74 bits per heavy atom. The van der Waals surface area contributed by atoms with Gasteiger partial charge in [0.05, 0.1) is 0 Å². The largest absolute Gasteiger partial charge is 0.381 e. The van der Waals surface area contributed by atoms with E-state index in [-0.39, 0.29) is 0 Å². The van der Waals surface area contributed by atoms with E-state index in [0.29, 0.717) is 6.04 Å². The Balaban J connectivity index is 1.60. The van der Waals surface area contributed by atoms with E-state index in [4.69, 9.17) is 0 Å². The molecular weight excluding hydrogens is 302 g/mol. The van der Waals surface area contributed by atoms with E-state index in [0.717, 1.165) is 33.9 Å². The summed E-state index contributed by atoms with van der Waals surface area (Å²) in [5, 5.41) is 4.67. The van der Waals surface area contributed by atoms with Gasteiger partial charge in [-0.1, -0.05) is 30.3 Å². The number of aryl methyl sites for hydroxylation is 1. The highest BCUT2D eigenvalue weighted by Gasteiger charge is 2.07. The Kier molecular flexibility index (Phi) is 5.13. The molecule has 0 bridgehead atoms. The predicted octanol–water partition coefficient (Wildman–Crippen LogP) is 4.67. The zero-order chi connectivity index (χ0) is 16.1. The maximum Gasteiger partial charge on any atom is 0.161 e. The first-order valence-electron chi connectivity index (χ1n) is 7.83. The molecule has 23 heavy (non-hydrogen) atoms. The first-order valence-corrected chi connectivity index (χ1v) is 8.98. The average Bonchev–Trinajstić information content (AvgIpc) is 2.56. The fourth-order valence-electron chi connectivity index (χ4n) is 2.48. The van der Waals surface area contributed by atoms with E-state index in [1.54, 1.807) is 0 Å². The molecule has 0 saturated heterocycles. The van der Waals surface area contributed by atoms with Gasteiger partial charge in [-0.2, -0.15) is 11.8 Å². The van der Waals surface area contributed by atoms with Gasteiger partial charge in [0, 0.05) is 40.5 Å². The van der Waals surface area contributed by atoms with E-state index in [1.165, 1.54) is 5.56 Å². The summed E-state index contributed by atoms with van der Waals surface area (Å²) < 4.78 is 0. The third-order valence-corrected chi connectivity index (χ3v) is 4.90. The van der Waals surface area contributed by atoms with Crippen molar-refractivity contribution in [2.24, 2.45) is 0 Å². The van der Waals surface area contributed by atoms with Crippen LogP contribution in [0.15, 0.2) is 54.7 Å². The van der Waals surface area contributed by atoms with Crippen LogP contribution in [0.2, 0.25) is 0 Å². The van der Waals surface area contributed by atoms with Crippen LogP contribution in [0.3, 0.4) is 0 Å². The lowest BCUT2D eigenvalue weighted by atomic mass is 10.2. The molecule has 0 aliphatic heterocycles. The fraction of sp³-hybridized carbons (Fsp3) is 0.263. The fourth-order valence-corrected chi connectivity index (χ4v) is 3.47. The van der Waals surface area contributed by atoms with Gasteiger partial charge in [-0.05, 0) is 37.6 Å². The van der Waals surface area contributed by atoms with Crippen LogP contribution in [0.5, 0.6) is 0 Å². The zero-order valence-corrected chi connectivity index (χ0v) is 14.3. The number of hydrogen-bond acceptors (Lipinski definition) is 4. The lowest BCUT2D eigenvalue weighted by Gasteiger charge is -2.16. The van der Waals surface area contributed by atoms with E-state index in [1.807, 2.05) is 37.0 Å². The van der Waals surface area contributed by atoms with E-state index in [9.17, 15) is 0 Å². The molecule has 0 spiro atoms. The molecule has 0 radical (unpaired) electrons. The number of thioether (sulfide) groups is 1. The molecule has 3 rings (SSSR count). The molecule has 0 aliphatic carbocycles. The summed E-state index contributed by atoms with van der Waals surface area (Å²) in [6.45, 7) is 4.20. The van der Waals surface area contributed by atoms with Crippen molar-refractivity contribution in [3.63, 3.8) is 0 Å². The summed E-state index contributed by atoms with van der Waals surface area (Å²) in [5.41, 5.74) is 4.28. The Labute approximate surface area is 141 Å². The standard InChI is InChI=1S/C19H21N3S/c1-14-8-9-17-18(10-11-20-19(17)22-14)21-15(2)12-23-13-16-6-4-3-5-7-16/h3-11,15H,12-13H2,1-2H3,(H,20,21,22). The van der Waals surface area contributed by atoms with Crippen LogP contribution in [0.4, 0.5) is 5.69 Å². The normalized spacial score (nSPS) is 12.3. The van der Waals surface area contributed by atoms with Gasteiger partial charge in [0.15, 0.2) is 5.65 Å². The van der Waals surface area contributed by atoms with Crippen LogP contribution in [0.25, 0.3) is 11.0 Å². The Morgan fingerprint density at radius 2 is 1.91 bits per heavy atom. The molecule has 4 heteroatoms. The summed E-state index contributed by atoms with van der Waals surface area (Å²) in [4.78, 5) is 8.84. The number of hydrogen-bond donors (Lipinski definition) is 1. The minimum atomic E-state index is 0.385. The molecule has 0 fully saturated rings. The van der Waals surface area contributed by atoms with Crippen molar-refractivity contribution in [1.29, 1.82) is 0 Å². The number of pyridine rings is 2. The van der Waals surface area contributed by atoms with Gasteiger partial charge in [0.2, 0.25) is 0 Å². The van der Waals surface area contributed by atoms with E-state index in [2.05, 4.69) is 58.6 Å². The van der Waals surface area contributed by atoms with E-state index >= 15 is 0 Å². The van der Waals surface area contributed by atoms with Crippen molar-refractivity contribution in [2.45, 2.75) is 25.6 Å². The lowest BCUT2D eigenvalue weighted by molar-refractivity contribution is 0.914. The molecule has 2 aromatic heterocycles. The maximum absolute atomic E-state index is 4.49. The van der Waals surface area contributed by atoms with Gasteiger partial charge in [0.1, 0.15) is 0 Å². The van der Waals surface area contributed by atoms with Gasteiger partial charge < -0.3 is 5.32 Å². The number of fused-ring (bicyclic) bond motifs is 1. The van der Waals surface area contributed by atoms with Crippen LogP contribution in [0.1, 0.15) is 18.2 Å². The summed E-state index contributed by atoms with van der Waals surface area (Å²) in [6, 6.07) is 17.1. The third kappa shape index (κ3) is 4.23. The molecule has 0 amide bonds. The SMILES string of the molecule is Cc1ccc2c(NC(C)CSCc3ccccc3)ccnc2n1. The highest BCUT2D eigenvalue weighted by atomic mass is 32.2. The molecule has 1 aromatic carbocycles. The minimum absolute atomic E-state index is 0.385. The number of rotatable bonds is 6. The number of benzene rings is 1. The van der Waals surface area contributed by atoms with Crippen molar-refractivity contribution >= 4 is 28.5 Å². The van der Waals surface area contributed by atoms with Crippen LogP contribution >= 0.6 is 11.8 Å². The number of anilines is 1. The Hall–Kier alpha value is -2.07. The quantitative estimate of drug-likeness (QED) is 0.715. The van der Waals surface area contributed by atoms with Crippen LogP contribution in [-0.4, -0.2) is 21.8 Å². The molecular formula is C19H21N3S. The topological polar surface area (TPSA) is 37.8 Å². The second kappa shape index (κ2) is 7.47. The molecule has 1 unspecified atom stereocenters. The first kappa shape index (κ1) is 15.8. The number of aromatic nitrogens is 2. The Morgan fingerprint density at radius 1 is 1.09 bits per heavy atom. The smallest absolute Gasteiger partial charge is 0.161 e.